The van der Waals surface area contributed by atoms with Crippen molar-refractivity contribution in [2.75, 3.05) is 38.1 Å². The molecule has 2 fully saturated rings. The second-order valence-electron chi connectivity index (χ2n) is 5.79. The van der Waals surface area contributed by atoms with Gasteiger partial charge in [0.25, 0.3) is 0 Å². The van der Waals surface area contributed by atoms with Crippen LogP contribution in [0.5, 0.6) is 0 Å². The molecular weight excluding hydrogens is 227 g/mol. The summed E-state index contributed by atoms with van der Waals surface area (Å²) >= 11 is 0. The zero-order valence-corrected chi connectivity index (χ0v) is 11.2. The third-order valence-electron chi connectivity index (χ3n) is 4.43. The normalized spacial score (nSPS) is 27.8. The minimum atomic E-state index is -0.0531. The predicted octanol–water partition coefficient (Wildman–Crippen LogP) is 2.39. The summed E-state index contributed by atoms with van der Waals surface area (Å²) in [7, 11) is 2.18. The van der Waals surface area contributed by atoms with Crippen molar-refractivity contribution in [3.05, 3.63) is 29.6 Å². The molecule has 0 amide bonds. The fourth-order valence-corrected chi connectivity index (χ4v) is 3.45. The van der Waals surface area contributed by atoms with Crippen molar-refractivity contribution in [2.45, 2.75) is 13.3 Å². The van der Waals surface area contributed by atoms with E-state index in [4.69, 9.17) is 0 Å². The summed E-state index contributed by atoms with van der Waals surface area (Å²) in [5.41, 5.74) is 1.87. The summed E-state index contributed by atoms with van der Waals surface area (Å²) in [5.74, 6) is 1.39. The van der Waals surface area contributed by atoms with Crippen LogP contribution in [0.1, 0.15) is 12.5 Å². The van der Waals surface area contributed by atoms with Crippen LogP contribution in [-0.4, -0.2) is 38.1 Å². The Kier molecular flexibility index (Phi) is 3.02. The molecule has 2 atom stereocenters. The van der Waals surface area contributed by atoms with Crippen LogP contribution in [0.3, 0.4) is 0 Å². The summed E-state index contributed by atoms with van der Waals surface area (Å²) in [6.45, 7) is 6.41. The number of likely N-dealkylation sites (tertiary alicyclic amines) is 1. The molecule has 98 valence electrons. The van der Waals surface area contributed by atoms with Crippen LogP contribution >= 0.6 is 0 Å². The molecule has 0 bridgehead atoms. The van der Waals surface area contributed by atoms with E-state index < -0.39 is 0 Å². The fraction of sp³-hybridized carbons (Fsp3) is 0.600. The highest BCUT2D eigenvalue weighted by Crippen LogP contribution is 2.34. The average Bonchev–Trinajstić information content (AvgIpc) is 2.85. The summed E-state index contributed by atoms with van der Waals surface area (Å²) in [5, 5.41) is 0. The largest absolute Gasteiger partial charge is 0.368 e. The Morgan fingerprint density at radius 3 is 2.39 bits per heavy atom. The molecule has 3 heteroatoms. The van der Waals surface area contributed by atoms with E-state index in [1.807, 2.05) is 6.07 Å². The van der Waals surface area contributed by atoms with Crippen LogP contribution in [0.2, 0.25) is 0 Å². The van der Waals surface area contributed by atoms with Gasteiger partial charge < -0.3 is 9.80 Å². The van der Waals surface area contributed by atoms with Crippen LogP contribution in [-0.2, 0) is 6.42 Å². The van der Waals surface area contributed by atoms with E-state index in [9.17, 15) is 4.39 Å². The third kappa shape index (κ3) is 2.01. The lowest BCUT2D eigenvalue weighted by Crippen LogP contribution is -2.27. The number of fused-ring (bicyclic) bond motifs is 1. The molecule has 2 aliphatic heterocycles. The van der Waals surface area contributed by atoms with Crippen molar-refractivity contribution >= 4 is 5.69 Å². The number of anilines is 1. The topological polar surface area (TPSA) is 6.48 Å². The molecule has 3 rings (SSSR count). The average molecular weight is 248 g/mol. The number of nitrogens with zero attached hydrogens (tertiary/aromatic N) is 2. The molecule has 0 aromatic heterocycles. The second-order valence-corrected chi connectivity index (χ2v) is 5.79. The first-order valence-electron chi connectivity index (χ1n) is 6.89. The van der Waals surface area contributed by atoms with Crippen molar-refractivity contribution in [3.8, 4) is 0 Å². The zero-order chi connectivity index (χ0) is 12.7. The van der Waals surface area contributed by atoms with E-state index in [0.717, 1.165) is 55.7 Å². The molecule has 2 nitrogen and oxygen atoms in total. The molecule has 0 saturated carbocycles. The Balaban J connectivity index is 1.77. The van der Waals surface area contributed by atoms with Crippen LogP contribution in [0, 0.1) is 17.7 Å². The molecule has 2 heterocycles. The monoisotopic (exact) mass is 248 g/mol. The lowest BCUT2D eigenvalue weighted by Gasteiger charge is -2.22. The maximum Gasteiger partial charge on any atom is 0.146 e. The molecule has 0 N–H and O–H groups in total. The summed E-state index contributed by atoms with van der Waals surface area (Å²) in [6.07, 6.45) is 0.896. The minimum Gasteiger partial charge on any atom is -0.368 e. The molecule has 2 saturated heterocycles. The lowest BCUT2D eigenvalue weighted by atomic mass is 10.0. The van der Waals surface area contributed by atoms with Gasteiger partial charge >= 0.3 is 0 Å². The highest BCUT2D eigenvalue weighted by atomic mass is 19.1. The lowest BCUT2D eigenvalue weighted by molar-refractivity contribution is 0.386. The summed E-state index contributed by atoms with van der Waals surface area (Å²) in [6, 6.07) is 5.70. The van der Waals surface area contributed by atoms with E-state index in [1.165, 1.54) is 0 Å². The maximum atomic E-state index is 14.1. The van der Waals surface area contributed by atoms with Gasteiger partial charge in [-0.3, -0.25) is 0 Å². The van der Waals surface area contributed by atoms with Crippen LogP contribution in [0.15, 0.2) is 18.2 Å². The standard InChI is InChI=1S/C15H21FN2/c1-3-11-4-5-15(14(16)6-11)18-9-12-7-17(2)8-13(12)10-18/h4-6,12-13H,3,7-10H2,1-2H3. The van der Waals surface area contributed by atoms with Gasteiger partial charge in [-0.05, 0) is 43.0 Å². The smallest absolute Gasteiger partial charge is 0.146 e. The molecule has 0 radical (unpaired) electrons. The Hall–Kier alpha value is -1.09. The van der Waals surface area contributed by atoms with Crippen LogP contribution < -0.4 is 4.90 Å². The van der Waals surface area contributed by atoms with Crippen molar-refractivity contribution in [1.29, 1.82) is 0 Å². The van der Waals surface area contributed by atoms with Gasteiger partial charge in [0.2, 0.25) is 0 Å². The molecule has 18 heavy (non-hydrogen) atoms. The van der Waals surface area contributed by atoms with E-state index in [0.29, 0.717) is 0 Å². The third-order valence-corrected chi connectivity index (χ3v) is 4.43. The predicted molar refractivity (Wildman–Crippen MR) is 72.5 cm³/mol. The summed E-state index contributed by atoms with van der Waals surface area (Å²) in [4.78, 5) is 4.63. The first kappa shape index (κ1) is 12.0. The van der Waals surface area contributed by atoms with Gasteiger partial charge in [-0.2, -0.15) is 0 Å². The number of hydrogen-bond acceptors (Lipinski definition) is 2. The maximum absolute atomic E-state index is 14.1. The summed E-state index contributed by atoms with van der Waals surface area (Å²) < 4.78 is 14.1. The molecule has 2 aliphatic rings. The first-order valence-corrected chi connectivity index (χ1v) is 6.89. The number of aryl methyl sites for hydroxylation is 1. The van der Waals surface area contributed by atoms with E-state index in [-0.39, 0.29) is 5.82 Å². The SMILES string of the molecule is CCc1ccc(N2CC3CN(C)CC3C2)c(F)c1. The minimum absolute atomic E-state index is 0.0531. The Morgan fingerprint density at radius 1 is 1.17 bits per heavy atom. The number of rotatable bonds is 2. The van der Waals surface area contributed by atoms with E-state index in [2.05, 4.69) is 29.8 Å². The Morgan fingerprint density at radius 2 is 1.83 bits per heavy atom. The highest BCUT2D eigenvalue weighted by Gasteiger charge is 2.39. The van der Waals surface area contributed by atoms with Crippen molar-refractivity contribution in [1.82, 2.24) is 4.90 Å². The van der Waals surface area contributed by atoms with Crippen molar-refractivity contribution < 1.29 is 4.39 Å². The van der Waals surface area contributed by atoms with Gasteiger partial charge in [0.05, 0.1) is 5.69 Å². The van der Waals surface area contributed by atoms with Gasteiger partial charge in [-0.15, -0.1) is 0 Å². The van der Waals surface area contributed by atoms with Crippen molar-refractivity contribution in [3.63, 3.8) is 0 Å². The van der Waals surface area contributed by atoms with Gasteiger partial charge in [0.15, 0.2) is 0 Å². The molecule has 2 unspecified atom stereocenters. The molecule has 1 aromatic rings. The highest BCUT2D eigenvalue weighted by molar-refractivity contribution is 5.50. The fourth-order valence-electron chi connectivity index (χ4n) is 3.45. The quantitative estimate of drug-likeness (QED) is 0.793. The number of benzene rings is 1. The molecule has 0 spiro atoms. The molecular formula is C15H21FN2. The number of hydrogen-bond donors (Lipinski definition) is 0. The first-order chi connectivity index (χ1) is 8.67. The Labute approximate surface area is 108 Å². The van der Waals surface area contributed by atoms with Gasteiger partial charge in [-0.25, -0.2) is 4.39 Å². The number of halogens is 1. The van der Waals surface area contributed by atoms with Gasteiger partial charge in [-0.1, -0.05) is 13.0 Å². The Bertz CT molecular complexity index is 432. The van der Waals surface area contributed by atoms with E-state index >= 15 is 0 Å². The zero-order valence-electron chi connectivity index (χ0n) is 11.2. The van der Waals surface area contributed by atoms with E-state index in [1.54, 1.807) is 6.07 Å². The van der Waals surface area contributed by atoms with Crippen LogP contribution in [0.4, 0.5) is 10.1 Å². The second kappa shape index (κ2) is 4.54. The molecule has 1 aromatic carbocycles. The molecule has 0 aliphatic carbocycles. The van der Waals surface area contributed by atoms with Gasteiger partial charge in [0.1, 0.15) is 5.82 Å². The van der Waals surface area contributed by atoms with Crippen molar-refractivity contribution in [2.24, 2.45) is 11.8 Å². The van der Waals surface area contributed by atoms with Gasteiger partial charge in [0, 0.05) is 26.2 Å². The van der Waals surface area contributed by atoms with Crippen LogP contribution in [0.25, 0.3) is 0 Å².